The maximum Gasteiger partial charge on any atom is 0.328 e. The molecule has 0 spiro atoms. The first kappa shape index (κ1) is 18.2. The zero-order chi connectivity index (χ0) is 18.2. The number of H-pyrrole nitrogens is 1. The third-order valence-corrected chi connectivity index (χ3v) is 3.43. The molecule has 1 atom stereocenters. The molecule has 0 unspecified atom stereocenters. The van der Waals surface area contributed by atoms with Crippen molar-refractivity contribution in [2.75, 3.05) is 6.54 Å². The molecule has 1 heterocycles. The number of hydrogen-bond acceptors (Lipinski definition) is 5. The maximum absolute atomic E-state index is 11.9. The van der Waals surface area contributed by atoms with E-state index in [-0.39, 0.29) is 0 Å². The van der Waals surface area contributed by atoms with Crippen LogP contribution in [0.4, 0.5) is 0 Å². The summed E-state index contributed by atoms with van der Waals surface area (Å²) in [6.45, 7) is 1.48. The Hall–Kier alpha value is -3.16. The Bertz CT molecular complexity index is 841. The molecule has 2 rings (SSSR count). The van der Waals surface area contributed by atoms with Gasteiger partial charge in [-0.15, -0.1) is 0 Å². The molecule has 132 valence electrons. The van der Waals surface area contributed by atoms with Crippen LogP contribution in [0, 0.1) is 0 Å². The minimum absolute atomic E-state index is 0.392. The number of aromatic amines is 1. The molecular formula is C17H19N3O5. The molecule has 0 radical (unpaired) electrons. The van der Waals surface area contributed by atoms with Crippen LogP contribution in [0.1, 0.15) is 12.5 Å². The summed E-state index contributed by atoms with van der Waals surface area (Å²) in [7, 11) is 0. The number of rotatable bonds is 7. The van der Waals surface area contributed by atoms with Crippen molar-refractivity contribution in [3.8, 4) is 0 Å². The van der Waals surface area contributed by atoms with E-state index < -0.39 is 35.8 Å². The number of aromatic nitrogens is 2. The van der Waals surface area contributed by atoms with Crippen molar-refractivity contribution in [3.63, 3.8) is 0 Å². The van der Waals surface area contributed by atoms with Crippen LogP contribution >= 0.6 is 0 Å². The molecule has 2 aromatic rings. The average Bonchev–Trinajstić information content (AvgIpc) is 2.58. The van der Waals surface area contributed by atoms with E-state index in [0.717, 1.165) is 16.2 Å². The molecule has 1 aromatic carbocycles. The summed E-state index contributed by atoms with van der Waals surface area (Å²) in [5.41, 5.74) is -0.185. The van der Waals surface area contributed by atoms with Gasteiger partial charge in [0.25, 0.3) is 11.5 Å². The third-order valence-electron chi connectivity index (χ3n) is 3.43. The average molecular weight is 345 g/mol. The predicted molar refractivity (Wildman–Crippen MR) is 90.0 cm³/mol. The quantitative estimate of drug-likeness (QED) is 0.677. The van der Waals surface area contributed by atoms with Crippen LogP contribution in [0.15, 0.2) is 52.2 Å². The molecule has 8 nitrogen and oxygen atoms in total. The number of carbonyl (C=O) groups excluding carboxylic acids is 2. The van der Waals surface area contributed by atoms with Crippen molar-refractivity contribution in [2.24, 2.45) is 0 Å². The summed E-state index contributed by atoms with van der Waals surface area (Å²) in [6, 6.07) is 10.8. The zero-order valence-electron chi connectivity index (χ0n) is 13.7. The van der Waals surface area contributed by atoms with Crippen LogP contribution in [0.2, 0.25) is 0 Å². The molecule has 25 heavy (non-hydrogen) atoms. The fourth-order valence-corrected chi connectivity index (χ4v) is 2.11. The monoisotopic (exact) mass is 345 g/mol. The van der Waals surface area contributed by atoms with Gasteiger partial charge in [-0.2, -0.15) is 0 Å². The lowest BCUT2D eigenvalue weighted by Gasteiger charge is -2.14. The van der Waals surface area contributed by atoms with E-state index in [2.05, 4.69) is 5.32 Å². The Morgan fingerprint density at radius 2 is 1.92 bits per heavy atom. The second kappa shape index (κ2) is 8.62. The van der Waals surface area contributed by atoms with Crippen LogP contribution in [-0.2, 0) is 27.3 Å². The Morgan fingerprint density at radius 1 is 1.20 bits per heavy atom. The van der Waals surface area contributed by atoms with Gasteiger partial charge < -0.3 is 10.1 Å². The molecule has 0 bridgehead atoms. The number of esters is 1. The van der Waals surface area contributed by atoms with Crippen molar-refractivity contribution < 1.29 is 14.3 Å². The Labute approximate surface area is 143 Å². The lowest BCUT2D eigenvalue weighted by molar-refractivity contribution is -0.155. The zero-order valence-corrected chi connectivity index (χ0v) is 13.7. The number of benzene rings is 1. The molecular weight excluding hydrogens is 326 g/mol. The fraction of sp³-hybridized carbons (Fsp3) is 0.294. The van der Waals surface area contributed by atoms with Crippen molar-refractivity contribution in [2.45, 2.75) is 26.0 Å². The van der Waals surface area contributed by atoms with Crippen molar-refractivity contribution in [1.29, 1.82) is 0 Å². The van der Waals surface area contributed by atoms with Crippen molar-refractivity contribution >= 4 is 11.9 Å². The molecule has 2 N–H and O–H groups in total. The van der Waals surface area contributed by atoms with E-state index in [1.54, 1.807) is 0 Å². The first-order chi connectivity index (χ1) is 12.0. The molecule has 0 saturated heterocycles. The number of nitrogens with zero attached hydrogens (tertiary/aromatic N) is 1. The number of ether oxygens (including phenoxy) is 1. The van der Waals surface area contributed by atoms with Gasteiger partial charge in [0.1, 0.15) is 6.54 Å². The predicted octanol–water partition coefficient (Wildman–Crippen LogP) is -0.173. The van der Waals surface area contributed by atoms with Crippen LogP contribution in [0.5, 0.6) is 0 Å². The van der Waals surface area contributed by atoms with E-state index in [4.69, 9.17) is 4.74 Å². The molecule has 0 aliphatic carbocycles. The van der Waals surface area contributed by atoms with E-state index in [1.165, 1.54) is 13.1 Å². The summed E-state index contributed by atoms with van der Waals surface area (Å²) in [5, 5.41) is 2.69. The van der Waals surface area contributed by atoms with E-state index in [9.17, 15) is 19.2 Å². The highest BCUT2D eigenvalue weighted by Gasteiger charge is 2.17. The Balaban J connectivity index is 1.78. The highest BCUT2D eigenvalue weighted by Crippen LogP contribution is 1.99. The van der Waals surface area contributed by atoms with Gasteiger partial charge in [0.05, 0.1) is 0 Å². The number of hydrogen-bond donors (Lipinski definition) is 2. The molecule has 1 amide bonds. The van der Waals surface area contributed by atoms with Gasteiger partial charge in [-0.1, -0.05) is 30.3 Å². The first-order valence-electron chi connectivity index (χ1n) is 7.76. The van der Waals surface area contributed by atoms with Crippen LogP contribution in [-0.4, -0.2) is 34.1 Å². The summed E-state index contributed by atoms with van der Waals surface area (Å²) in [6.07, 6.45) is 0.870. The third kappa shape index (κ3) is 5.76. The summed E-state index contributed by atoms with van der Waals surface area (Å²) in [4.78, 5) is 48.2. The number of carbonyl (C=O) groups is 2. The Kier molecular flexibility index (Phi) is 6.27. The topological polar surface area (TPSA) is 110 Å². The van der Waals surface area contributed by atoms with E-state index in [1.807, 2.05) is 35.3 Å². The van der Waals surface area contributed by atoms with Gasteiger partial charge in [0.2, 0.25) is 0 Å². The lowest BCUT2D eigenvalue weighted by atomic mass is 10.1. The van der Waals surface area contributed by atoms with Crippen molar-refractivity contribution in [1.82, 2.24) is 14.9 Å². The van der Waals surface area contributed by atoms with Gasteiger partial charge in [-0.25, -0.2) is 4.79 Å². The van der Waals surface area contributed by atoms with Crippen molar-refractivity contribution in [3.05, 3.63) is 69.0 Å². The number of amides is 1. The Morgan fingerprint density at radius 3 is 2.60 bits per heavy atom. The molecule has 0 fully saturated rings. The normalized spacial score (nSPS) is 11.6. The molecule has 1 aromatic heterocycles. The van der Waals surface area contributed by atoms with E-state index in [0.29, 0.717) is 13.0 Å². The van der Waals surface area contributed by atoms with Gasteiger partial charge in [0, 0.05) is 18.8 Å². The highest BCUT2D eigenvalue weighted by molar-refractivity contribution is 5.83. The summed E-state index contributed by atoms with van der Waals surface area (Å²) < 4.78 is 5.99. The smallest absolute Gasteiger partial charge is 0.328 e. The van der Waals surface area contributed by atoms with Gasteiger partial charge in [-0.3, -0.25) is 23.9 Å². The maximum atomic E-state index is 11.9. The molecule has 0 saturated carbocycles. The SMILES string of the molecule is C[C@@H](OC(=O)Cn1ccc(=O)[nH]c1=O)C(=O)NCCc1ccccc1. The van der Waals surface area contributed by atoms with Crippen LogP contribution in [0.25, 0.3) is 0 Å². The second-order valence-electron chi connectivity index (χ2n) is 5.40. The highest BCUT2D eigenvalue weighted by atomic mass is 16.5. The summed E-state index contributed by atoms with van der Waals surface area (Å²) >= 11 is 0. The van der Waals surface area contributed by atoms with Gasteiger partial charge in [-0.05, 0) is 18.9 Å². The largest absolute Gasteiger partial charge is 0.451 e. The minimum Gasteiger partial charge on any atom is -0.451 e. The van der Waals surface area contributed by atoms with Crippen LogP contribution < -0.4 is 16.6 Å². The van der Waals surface area contributed by atoms with Gasteiger partial charge >= 0.3 is 11.7 Å². The second-order valence-corrected chi connectivity index (χ2v) is 5.40. The molecule has 0 aliphatic rings. The summed E-state index contributed by atoms with van der Waals surface area (Å²) in [5.74, 6) is -1.17. The fourth-order valence-electron chi connectivity index (χ4n) is 2.11. The lowest BCUT2D eigenvalue weighted by Crippen LogP contribution is -2.38. The van der Waals surface area contributed by atoms with E-state index >= 15 is 0 Å². The molecule has 8 heteroatoms. The van der Waals surface area contributed by atoms with Crippen LogP contribution in [0.3, 0.4) is 0 Å². The molecule has 0 aliphatic heterocycles. The minimum atomic E-state index is -0.985. The first-order valence-corrected chi connectivity index (χ1v) is 7.76. The number of nitrogens with one attached hydrogen (secondary N) is 2. The van der Waals surface area contributed by atoms with Gasteiger partial charge in [0.15, 0.2) is 6.10 Å². The standard InChI is InChI=1S/C17H19N3O5/c1-12(16(23)18-9-7-13-5-3-2-4-6-13)25-15(22)11-20-10-8-14(21)19-17(20)24/h2-6,8,10,12H,7,9,11H2,1H3,(H,18,23)(H,19,21,24)/t12-/m1/s1.